The summed E-state index contributed by atoms with van der Waals surface area (Å²) in [7, 11) is 1.30. The second-order valence-electron chi connectivity index (χ2n) is 7.14. The van der Waals surface area contributed by atoms with Crippen molar-refractivity contribution in [1.82, 2.24) is 5.32 Å². The Hall–Kier alpha value is -2.14. The normalized spacial score (nSPS) is 34.1. The lowest BCUT2D eigenvalue weighted by Gasteiger charge is -2.43. The largest absolute Gasteiger partial charge is 0.468 e. The van der Waals surface area contributed by atoms with Crippen LogP contribution in [0.2, 0.25) is 0 Å². The van der Waals surface area contributed by atoms with Crippen LogP contribution in [0.3, 0.4) is 0 Å². The number of methoxy groups -OCH3 is 1. The smallest absolute Gasteiger partial charge is 0.322 e. The molecule has 0 saturated carbocycles. The summed E-state index contributed by atoms with van der Waals surface area (Å²) in [5.74, 6) is -1.67. The van der Waals surface area contributed by atoms with Gasteiger partial charge in [-0.25, -0.2) is 0 Å². The standard InChI is InChI=1S/C20H25NO4/c1-12-9-15(11-22)20(19(24)25-3)17(13(12)2)16(21-18(20)23)10-14-7-5-4-6-8-14/h4-9,13,15-17,22H,10-11H2,1-3H3,(H,21,23)/t13-,15-,16-,17-,20-/m0/s1. The summed E-state index contributed by atoms with van der Waals surface area (Å²) in [6, 6.07) is 9.74. The molecule has 0 bridgehead atoms. The van der Waals surface area contributed by atoms with Crippen molar-refractivity contribution in [3.63, 3.8) is 0 Å². The van der Waals surface area contributed by atoms with E-state index < -0.39 is 17.3 Å². The Morgan fingerprint density at radius 1 is 1.32 bits per heavy atom. The fraction of sp³-hybridized carbons (Fsp3) is 0.500. The van der Waals surface area contributed by atoms with E-state index in [9.17, 15) is 14.7 Å². The van der Waals surface area contributed by atoms with Crippen LogP contribution >= 0.6 is 0 Å². The number of carbonyl (C=O) groups is 2. The van der Waals surface area contributed by atoms with E-state index in [0.717, 1.165) is 11.1 Å². The number of ether oxygens (including phenoxy) is 1. The van der Waals surface area contributed by atoms with Gasteiger partial charge in [-0.15, -0.1) is 0 Å². The number of allylic oxidation sites excluding steroid dienone is 1. The van der Waals surface area contributed by atoms with Gasteiger partial charge < -0.3 is 15.2 Å². The number of hydrogen-bond acceptors (Lipinski definition) is 4. The SMILES string of the molecule is COC(=O)[C@]12C(=O)N[C@@H](Cc3ccccc3)[C@@H]1[C@@H](C)C(C)=C[C@H]2CO. The number of fused-ring (bicyclic) bond motifs is 1. The van der Waals surface area contributed by atoms with Gasteiger partial charge in [-0.1, -0.05) is 48.9 Å². The van der Waals surface area contributed by atoms with E-state index in [-0.39, 0.29) is 30.4 Å². The predicted octanol–water partition coefficient (Wildman–Crippen LogP) is 1.71. The van der Waals surface area contributed by atoms with Crippen molar-refractivity contribution in [2.75, 3.05) is 13.7 Å². The molecule has 0 radical (unpaired) electrons. The Labute approximate surface area is 148 Å². The lowest BCUT2D eigenvalue weighted by molar-refractivity contribution is -0.166. The minimum Gasteiger partial charge on any atom is -0.468 e. The highest BCUT2D eigenvalue weighted by Crippen LogP contribution is 2.53. The van der Waals surface area contributed by atoms with Crippen LogP contribution in [0.1, 0.15) is 19.4 Å². The average Bonchev–Trinajstić information content (AvgIpc) is 2.91. The Morgan fingerprint density at radius 3 is 2.60 bits per heavy atom. The molecule has 2 N–H and O–H groups in total. The Morgan fingerprint density at radius 2 is 2.00 bits per heavy atom. The molecule has 1 saturated heterocycles. The van der Waals surface area contributed by atoms with Gasteiger partial charge in [0, 0.05) is 17.9 Å². The summed E-state index contributed by atoms with van der Waals surface area (Å²) >= 11 is 0. The van der Waals surface area contributed by atoms with Crippen LogP contribution in [0.15, 0.2) is 42.0 Å². The van der Waals surface area contributed by atoms with Gasteiger partial charge >= 0.3 is 5.97 Å². The van der Waals surface area contributed by atoms with E-state index in [1.165, 1.54) is 7.11 Å². The van der Waals surface area contributed by atoms with Gasteiger partial charge in [-0.05, 0) is 24.8 Å². The van der Waals surface area contributed by atoms with E-state index in [4.69, 9.17) is 4.74 Å². The van der Waals surface area contributed by atoms with Crippen molar-refractivity contribution in [2.45, 2.75) is 26.3 Å². The van der Waals surface area contributed by atoms with Crippen molar-refractivity contribution >= 4 is 11.9 Å². The van der Waals surface area contributed by atoms with Crippen LogP contribution < -0.4 is 5.32 Å². The van der Waals surface area contributed by atoms with Gasteiger partial charge in [-0.2, -0.15) is 0 Å². The van der Waals surface area contributed by atoms with Crippen molar-refractivity contribution in [3.05, 3.63) is 47.5 Å². The molecule has 1 aliphatic heterocycles. The summed E-state index contributed by atoms with van der Waals surface area (Å²) in [5, 5.41) is 12.9. The predicted molar refractivity (Wildman–Crippen MR) is 93.5 cm³/mol. The molecule has 1 heterocycles. The molecule has 25 heavy (non-hydrogen) atoms. The molecule has 0 aromatic heterocycles. The number of amides is 1. The zero-order valence-electron chi connectivity index (χ0n) is 14.9. The third kappa shape index (κ3) is 2.58. The zero-order valence-corrected chi connectivity index (χ0v) is 14.9. The molecule has 0 spiro atoms. The first-order valence-electron chi connectivity index (χ1n) is 8.69. The molecule has 1 aromatic rings. The molecule has 1 amide bonds. The fourth-order valence-corrected chi connectivity index (χ4v) is 4.68. The van der Waals surface area contributed by atoms with Gasteiger partial charge in [-0.3, -0.25) is 9.59 Å². The van der Waals surface area contributed by atoms with Crippen molar-refractivity contribution in [2.24, 2.45) is 23.2 Å². The van der Waals surface area contributed by atoms with Crippen LogP contribution in [-0.4, -0.2) is 36.7 Å². The van der Waals surface area contributed by atoms with Gasteiger partial charge in [0.25, 0.3) is 0 Å². The Balaban J connectivity index is 2.07. The Kier molecular flexibility index (Phi) is 4.69. The molecule has 2 aliphatic rings. The topological polar surface area (TPSA) is 75.6 Å². The van der Waals surface area contributed by atoms with Gasteiger partial charge in [0.15, 0.2) is 5.41 Å². The minimum atomic E-state index is -1.36. The maximum atomic E-state index is 13.0. The van der Waals surface area contributed by atoms with Crippen molar-refractivity contribution in [3.8, 4) is 0 Å². The van der Waals surface area contributed by atoms with Crippen molar-refractivity contribution in [1.29, 1.82) is 0 Å². The molecule has 5 nitrogen and oxygen atoms in total. The van der Waals surface area contributed by atoms with E-state index in [1.807, 2.05) is 50.3 Å². The van der Waals surface area contributed by atoms with Gasteiger partial charge in [0.05, 0.1) is 13.7 Å². The highest BCUT2D eigenvalue weighted by molar-refractivity contribution is 6.06. The lowest BCUT2D eigenvalue weighted by Crippen LogP contribution is -2.54. The highest BCUT2D eigenvalue weighted by atomic mass is 16.5. The van der Waals surface area contributed by atoms with Crippen LogP contribution in [0.25, 0.3) is 0 Å². The first-order valence-corrected chi connectivity index (χ1v) is 8.69. The van der Waals surface area contributed by atoms with Crippen LogP contribution in [0.5, 0.6) is 0 Å². The van der Waals surface area contributed by atoms with Crippen LogP contribution in [-0.2, 0) is 20.7 Å². The van der Waals surface area contributed by atoms with E-state index in [0.29, 0.717) is 6.42 Å². The van der Waals surface area contributed by atoms with E-state index in [2.05, 4.69) is 5.32 Å². The maximum Gasteiger partial charge on any atom is 0.322 e. The molecular formula is C20H25NO4. The second kappa shape index (κ2) is 6.64. The molecular weight excluding hydrogens is 318 g/mol. The Bertz CT molecular complexity index is 699. The molecule has 134 valence electrons. The molecule has 0 unspecified atom stereocenters. The number of nitrogens with one attached hydrogen (secondary N) is 1. The minimum absolute atomic E-state index is 0.0366. The lowest BCUT2D eigenvalue weighted by atomic mass is 9.57. The third-order valence-electron chi connectivity index (χ3n) is 5.98. The van der Waals surface area contributed by atoms with Gasteiger partial charge in [0.1, 0.15) is 0 Å². The van der Waals surface area contributed by atoms with Gasteiger partial charge in [0.2, 0.25) is 5.91 Å². The van der Waals surface area contributed by atoms with Crippen LogP contribution in [0, 0.1) is 23.2 Å². The molecule has 1 aromatic carbocycles. The summed E-state index contributed by atoms with van der Waals surface area (Å²) < 4.78 is 5.04. The van der Waals surface area contributed by atoms with Crippen molar-refractivity contribution < 1.29 is 19.4 Å². The second-order valence-corrected chi connectivity index (χ2v) is 7.14. The fourth-order valence-electron chi connectivity index (χ4n) is 4.68. The number of aliphatic hydroxyl groups excluding tert-OH is 1. The number of esters is 1. The molecule has 5 atom stereocenters. The summed E-state index contributed by atoms with van der Waals surface area (Å²) in [5.41, 5.74) is 0.841. The monoisotopic (exact) mass is 343 g/mol. The number of hydrogen-bond donors (Lipinski definition) is 2. The van der Waals surface area contributed by atoms with E-state index in [1.54, 1.807) is 0 Å². The molecule has 3 rings (SSSR count). The number of benzene rings is 1. The van der Waals surface area contributed by atoms with Crippen LogP contribution in [0.4, 0.5) is 0 Å². The summed E-state index contributed by atoms with van der Waals surface area (Å²) in [4.78, 5) is 25.8. The first kappa shape index (κ1) is 17.7. The third-order valence-corrected chi connectivity index (χ3v) is 5.98. The number of aliphatic hydroxyl groups is 1. The summed E-state index contributed by atoms with van der Waals surface area (Å²) in [6.45, 7) is 3.78. The quantitative estimate of drug-likeness (QED) is 0.496. The first-order chi connectivity index (χ1) is 12.0. The average molecular weight is 343 g/mol. The number of carbonyl (C=O) groups excluding carboxylic acids is 2. The maximum absolute atomic E-state index is 13.0. The molecule has 1 fully saturated rings. The molecule has 1 aliphatic carbocycles. The molecule has 5 heteroatoms. The highest BCUT2D eigenvalue weighted by Gasteiger charge is 2.67. The van der Waals surface area contributed by atoms with E-state index >= 15 is 0 Å². The zero-order chi connectivity index (χ0) is 18.2. The number of rotatable bonds is 4. The summed E-state index contributed by atoms with van der Waals surface area (Å²) in [6.07, 6.45) is 2.51.